The minimum absolute atomic E-state index is 0.186. The molecule has 30 heavy (non-hydrogen) atoms. The molecule has 11 heteroatoms. The molecule has 0 aliphatic rings. The molecule has 1 N–H and O–H groups in total. The Hall–Kier alpha value is -3.34. The van der Waals surface area contributed by atoms with Crippen LogP contribution >= 0.6 is 0 Å². The van der Waals surface area contributed by atoms with Crippen molar-refractivity contribution in [3.63, 3.8) is 0 Å². The van der Waals surface area contributed by atoms with Crippen molar-refractivity contribution in [2.45, 2.75) is 18.0 Å². The summed E-state index contributed by atoms with van der Waals surface area (Å²) >= 11 is 0. The van der Waals surface area contributed by atoms with E-state index in [2.05, 4.69) is 9.84 Å². The Kier molecular flexibility index (Phi) is 5.57. The van der Waals surface area contributed by atoms with Crippen LogP contribution in [0.3, 0.4) is 0 Å². The zero-order valence-electron chi connectivity index (χ0n) is 15.8. The lowest BCUT2D eigenvalue weighted by Gasteiger charge is -2.10. The van der Waals surface area contributed by atoms with Gasteiger partial charge in [-0.3, -0.25) is 0 Å². The average molecular weight is 439 g/mol. The van der Waals surface area contributed by atoms with E-state index in [1.807, 2.05) is 6.92 Å². The van der Waals surface area contributed by atoms with Gasteiger partial charge >= 0.3 is 12.3 Å². The number of carbonyl (C=O) groups is 1. The monoisotopic (exact) mass is 439 g/mol. The van der Waals surface area contributed by atoms with Crippen molar-refractivity contribution in [3.05, 3.63) is 65.9 Å². The number of halogens is 3. The first-order valence-electron chi connectivity index (χ1n) is 8.47. The van der Waals surface area contributed by atoms with E-state index >= 15 is 0 Å². The van der Waals surface area contributed by atoms with Gasteiger partial charge in [-0.2, -0.15) is 18.3 Å². The maximum Gasteiger partial charge on any atom is 0.435 e. The molecule has 0 saturated heterocycles. The predicted octanol–water partition coefficient (Wildman–Crippen LogP) is 3.91. The molecule has 1 heterocycles. The number of nitrogens with one attached hydrogen (secondary N) is 1. The molecule has 0 aliphatic carbocycles. The van der Waals surface area contributed by atoms with Gasteiger partial charge in [0.25, 0.3) is 10.0 Å². The second-order valence-corrected chi connectivity index (χ2v) is 7.96. The van der Waals surface area contributed by atoms with E-state index in [4.69, 9.17) is 0 Å². The van der Waals surface area contributed by atoms with E-state index in [1.165, 1.54) is 12.1 Å². The number of aryl methyl sites for hydroxylation is 1. The fourth-order valence-electron chi connectivity index (χ4n) is 2.62. The summed E-state index contributed by atoms with van der Waals surface area (Å²) in [5.74, 6) is 0. The molecule has 0 unspecified atom stereocenters. The van der Waals surface area contributed by atoms with E-state index in [0.717, 1.165) is 35.6 Å². The highest BCUT2D eigenvalue weighted by molar-refractivity contribution is 7.90. The zero-order valence-corrected chi connectivity index (χ0v) is 16.6. The van der Waals surface area contributed by atoms with Crippen LogP contribution in [0.25, 0.3) is 16.9 Å². The highest BCUT2D eigenvalue weighted by Gasteiger charge is 2.35. The Labute approximate surface area is 170 Å². The number of alkyl halides is 3. The van der Waals surface area contributed by atoms with Gasteiger partial charge in [0.1, 0.15) is 0 Å². The van der Waals surface area contributed by atoms with Gasteiger partial charge in [0.2, 0.25) is 0 Å². The molecule has 3 aromatic rings. The number of nitrogens with zero attached hydrogens (tertiary/aromatic N) is 2. The van der Waals surface area contributed by atoms with Crippen molar-refractivity contribution >= 4 is 16.1 Å². The minimum Gasteiger partial charge on any atom is -0.452 e. The van der Waals surface area contributed by atoms with E-state index in [9.17, 15) is 26.4 Å². The van der Waals surface area contributed by atoms with E-state index in [-0.39, 0.29) is 16.3 Å². The third-order valence-electron chi connectivity index (χ3n) is 4.14. The second-order valence-electron chi connectivity index (χ2n) is 6.28. The van der Waals surface area contributed by atoms with Crippen molar-refractivity contribution in [2.24, 2.45) is 0 Å². The largest absolute Gasteiger partial charge is 0.452 e. The number of methoxy groups -OCH3 is 1. The third-order valence-corrected chi connectivity index (χ3v) is 5.47. The molecule has 0 spiro atoms. The number of ether oxygens (including phenoxy) is 1. The van der Waals surface area contributed by atoms with Crippen LogP contribution in [0.15, 0.2) is 59.5 Å². The van der Waals surface area contributed by atoms with Crippen molar-refractivity contribution in [2.75, 3.05) is 7.11 Å². The quantitative estimate of drug-likeness (QED) is 0.666. The predicted molar refractivity (Wildman–Crippen MR) is 101 cm³/mol. The lowest BCUT2D eigenvalue weighted by molar-refractivity contribution is -0.141. The molecular weight excluding hydrogens is 423 g/mol. The third kappa shape index (κ3) is 4.46. The molecule has 3 rings (SSSR count). The van der Waals surface area contributed by atoms with Gasteiger partial charge in [-0.05, 0) is 37.3 Å². The van der Waals surface area contributed by atoms with Crippen LogP contribution in [-0.2, 0) is 20.9 Å². The van der Waals surface area contributed by atoms with E-state index in [1.54, 1.807) is 29.0 Å². The molecule has 1 aromatic heterocycles. The summed E-state index contributed by atoms with van der Waals surface area (Å²) in [7, 11) is -3.18. The first kappa shape index (κ1) is 21.4. The molecule has 0 atom stereocenters. The first-order valence-corrected chi connectivity index (χ1v) is 9.95. The zero-order chi connectivity index (χ0) is 22.1. The summed E-state index contributed by atoms with van der Waals surface area (Å²) in [4.78, 5) is 10.9. The summed E-state index contributed by atoms with van der Waals surface area (Å²) in [6.45, 7) is 1.85. The van der Waals surface area contributed by atoms with E-state index in [0.29, 0.717) is 5.56 Å². The first-order chi connectivity index (χ1) is 14.0. The van der Waals surface area contributed by atoms with Crippen LogP contribution in [0.2, 0.25) is 0 Å². The summed E-state index contributed by atoms with van der Waals surface area (Å²) in [5, 5.41) is 3.66. The SMILES string of the molecule is COC(=O)NS(=O)(=O)c1ccc(-n2nc(C(F)(F)F)cc2-c2ccc(C)cc2)cc1. The fraction of sp³-hybridized carbons (Fsp3) is 0.158. The molecule has 158 valence electrons. The fourth-order valence-corrected chi connectivity index (χ4v) is 3.54. The molecule has 0 fully saturated rings. The Balaban J connectivity index is 2.05. The summed E-state index contributed by atoms with van der Waals surface area (Å²) < 4.78 is 71.0. The van der Waals surface area contributed by atoms with Gasteiger partial charge in [0.05, 0.1) is 23.4 Å². The van der Waals surface area contributed by atoms with E-state index < -0.39 is 28.0 Å². The Morgan fingerprint density at radius 3 is 2.20 bits per heavy atom. The summed E-state index contributed by atoms with van der Waals surface area (Å²) in [6, 6.07) is 12.6. The number of rotatable bonds is 4. The molecule has 0 aliphatic heterocycles. The number of amides is 1. The molecule has 0 bridgehead atoms. The standard InChI is InChI=1S/C19H16F3N3O4S/c1-12-3-5-13(6-4-12)16-11-17(19(20,21)22)23-25(16)14-7-9-15(10-8-14)30(27,28)24-18(26)29-2/h3-11H,1-2H3,(H,24,26). The van der Waals surface area contributed by atoms with Crippen LogP contribution in [0.5, 0.6) is 0 Å². The molecular formula is C19H16F3N3O4S. The average Bonchev–Trinajstić information content (AvgIpc) is 3.14. The second kappa shape index (κ2) is 7.82. The Morgan fingerprint density at radius 2 is 1.67 bits per heavy atom. The van der Waals surface area contributed by atoms with Gasteiger partial charge in [-0.25, -0.2) is 22.6 Å². The maximum absolute atomic E-state index is 13.2. The van der Waals surface area contributed by atoms with Crippen LogP contribution < -0.4 is 4.72 Å². The highest BCUT2D eigenvalue weighted by Crippen LogP contribution is 2.33. The number of benzene rings is 2. The Bertz CT molecular complexity index is 1170. The van der Waals surface area contributed by atoms with Crippen LogP contribution in [0.4, 0.5) is 18.0 Å². The lowest BCUT2D eigenvalue weighted by atomic mass is 10.1. The van der Waals surface area contributed by atoms with Crippen molar-refractivity contribution in [1.82, 2.24) is 14.5 Å². The molecule has 0 saturated carbocycles. The van der Waals surface area contributed by atoms with Gasteiger partial charge in [0.15, 0.2) is 5.69 Å². The summed E-state index contributed by atoms with van der Waals surface area (Å²) in [5.41, 5.74) is 0.757. The van der Waals surface area contributed by atoms with Gasteiger partial charge < -0.3 is 4.74 Å². The number of sulfonamides is 1. The molecule has 1 amide bonds. The van der Waals surface area contributed by atoms with Crippen molar-refractivity contribution in [1.29, 1.82) is 0 Å². The van der Waals surface area contributed by atoms with Gasteiger partial charge in [-0.1, -0.05) is 29.8 Å². The number of aromatic nitrogens is 2. The molecule has 2 aromatic carbocycles. The van der Waals surface area contributed by atoms with Crippen LogP contribution in [0, 0.1) is 6.92 Å². The summed E-state index contributed by atoms with van der Waals surface area (Å²) in [6.07, 6.45) is -5.82. The topological polar surface area (TPSA) is 90.3 Å². The number of hydrogen-bond donors (Lipinski definition) is 1. The van der Waals surface area contributed by atoms with Crippen LogP contribution in [0.1, 0.15) is 11.3 Å². The molecule has 7 nitrogen and oxygen atoms in total. The Morgan fingerprint density at radius 1 is 1.07 bits per heavy atom. The normalized spacial score (nSPS) is 11.9. The number of hydrogen-bond acceptors (Lipinski definition) is 5. The molecule has 0 radical (unpaired) electrons. The highest BCUT2D eigenvalue weighted by atomic mass is 32.2. The number of carbonyl (C=O) groups excluding carboxylic acids is 1. The van der Waals surface area contributed by atoms with Gasteiger partial charge in [0, 0.05) is 5.56 Å². The maximum atomic E-state index is 13.2. The van der Waals surface area contributed by atoms with Gasteiger partial charge in [-0.15, -0.1) is 0 Å². The van der Waals surface area contributed by atoms with Crippen molar-refractivity contribution in [3.8, 4) is 16.9 Å². The van der Waals surface area contributed by atoms with Crippen molar-refractivity contribution < 1.29 is 31.1 Å². The minimum atomic E-state index is -4.65. The van der Waals surface area contributed by atoms with Crippen LogP contribution in [-0.4, -0.2) is 31.4 Å². The lowest BCUT2D eigenvalue weighted by Crippen LogP contribution is -2.30. The smallest absolute Gasteiger partial charge is 0.435 e.